The Bertz CT molecular complexity index is 927. The van der Waals surface area contributed by atoms with Gasteiger partial charge in [0.15, 0.2) is 0 Å². The maximum Gasteiger partial charge on any atom is 0.241 e. The molecule has 2 aromatic carbocycles. The summed E-state index contributed by atoms with van der Waals surface area (Å²) in [5.74, 6) is 0. The van der Waals surface area contributed by atoms with E-state index in [1.807, 2.05) is 0 Å². The molecule has 0 spiro atoms. The summed E-state index contributed by atoms with van der Waals surface area (Å²) in [6.45, 7) is 1.62. The van der Waals surface area contributed by atoms with E-state index in [0.717, 1.165) is 0 Å². The summed E-state index contributed by atoms with van der Waals surface area (Å²) >= 11 is 3.22. The summed E-state index contributed by atoms with van der Waals surface area (Å²) in [5.41, 5.74) is 0.495. The van der Waals surface area contributed by atoms with Crippen molar-refractivity contribution in [1.29, 1.82) is 0 Å². The average Bonchev–Trinajstić information content (AvgIpc) is 2.46. The zero-order valence-corrected chi connectivity index (χ0v) is 15.3. The lowest BCUT2D eigenvalue weighted by Crippen LogP contribution is -2.27. The van der Waals surface area contributed by atoms with E-state index in [4.69, 9.17) is 5.14 Å². The fourth-order valence-corrected chi connectivity index (χ4v) is 4.36. The first kappa shape index (κ1) is 18.1. The Labute approximate surface area is 143 Å². The molecule has 2 rings (SSSR count). The molecule has 6 nitrogen and oxygen atoms in total. The van der Waals surface area contributed by atoms with Crippen molar-refractivity contribution in [2.45, 2.75) is 22.8 Å². The van der Waals surface area contributed by atoms with Crippen molar-refractivity contribution in [2.24, 2.45) is 5.14 Å². The van der Waals surface area contributed by atoms with Crippen LogP contribution < -0.4 is 9.86 Å². The summed E-state index contributed by atoms with van der Waals surface area (Å²) in [6.07, 6.45) is 0. The fraction of sp³-hybridized carbons (Fsp3) is 0.143. The van der Waals surface area contributed by atoms with Crippen molar-refractivity contribution < 1.29 is 16.8 Å². The molecule has 0 aliphatic heterocycles. The molecule has 0 aliphatic rings. The van der Waals surface area contributed by atoms with Gasteiger partial charge in [-0.25, -0.2) is 26.7 Å². The molecule has 0 radical (unpaired) electrons. The summed E-state index contributed by atoms with van der Waals surface area (Å²) in [4.78, 5) is 0.0461. The second kappa shape index (κ2) is 6.70. The number of benzene rings is 2. The average molecular weight is 419 g/mol. The standard InChI is InChI=1S/C14H15BrN2O4S2/c1-10(11-4-2-6-13(8-11)22(16,18)19)17-23(20,21)14-7-3-5-12(15)9-14/h2-10,17H,1H3,(H2,16,18,19). The molecule has 2 aromatic rings. The van der Waals surface area contributed by atoms with Gasteiger partial charge >= 0.3 is 0 Å². The number of hydrogen-bond donors (Lipinski definition) is 2. The van der Waals surface area contributed by atoms with Crippen LogP contribution in [0.15, 0.2) is 62.8 Å². The Kier molecular flexibility index (Phi) is 5.27. The Morgan fingerprint density at radius 3 is 2.22 bits per heavy atom. The topological polar surface area (TPSA) is 106 Å². The van der Waals surface area contributed by atoms with Crippen molar-refractivity contribution in [3.8, 4) is 0 Å². The van der Waals surface area contributed by atoms with Crippen molar-refractivity contribution >= 4 is 36.0 Å². The quantitative estimate of drug-likeness (QED) is 0.775. The van der Waals surface area contributed by atoms with Gasteiger partial charge in [0.2, 0.25) is 20.0 Å². The first-order valence-corrected chi connectivity index (χ1v) is 10.3. The van der Waals surface area contributed by atoms with Gasteiger partial charge in [-0.05, 0) is 42.8 Å². The van der Waals surface area contributed by atoms with E-state index < -0.39 is 26.1 Å². The molecule has 124 valence electrons. The van der Waals surface area contributed by atoms with Crippen LogP contribution in [0, 0.1) is 0 Å². The molecule has 0 fully saturated rings. The van der Waals surface area contributed by atoms with Gasteiger partial charge < -0.3 is 0 Å². The molecule has 0 amide bonds. The summed E-state index contributed by atoms with van der Waals surface area (Å²) in [6, 6.07) is 11.5. The van der Waals surface area contributed by atoms with Crippen LogP contribution >= 0.6 is 15.9 Å². The maximum atomic E-state index is 12.4. The first-order valence-electron chi connectivity index (χ1n) is 6.50. The van der Waals surface area contributed by atoms with E-state index in [2.05, 4.69) is 20.7 Å². The molecule has 1 unspecified atom stereocenters. The lowest BCUT2D eigenvalue weighted by atomic mass is 10.1. The highest BCUT2D eigenvalue weighted by Crippen LogP contribution is 2.21. The van der Waals surface area contributed by atoms with E-state index in [0.29, 0.717) is 10.0 Å². The number of nitrogens with two attached hydrogens (primary N) is 1. The molecule has 0 saturated carbocycles. The number of rotatable bonds is 5. The van der Waals surface area contributed by atoms with Gasteiger partial charge in [0.1, 0.15) is 0 Å². The minimum Gasteiger partial charge on any atom is -0.225 e. The molecular weight excluding hydrogens is 404 g/mol. The second-order valence-corrected chi connectivity index (χ2v) is 9.11. The van der Waals surface area contributed by atoms with Crippen molar-refractivity contribution in [3.05, 3.63) is 58.6 Å². The normalized spacial score (nSPS) is 13.7. The Balaban J connectivity index is 2.30. The van der Waals surface area contributed by atoms with E-state index in [-0.39, 0.29) is 9.79 Å². The molecule has 1 atom stereocenters. The van der Waals surface area contributed by atoms with Gasteiger partial charge in [0.25, 0.3) is 0 Å². The lowest BCUT2D eigenvalue weighted by molar-refractivity contribution is 0.566. The van der Waals surface area contributed by atoms with E-state index in [1.165, 1.54) is 30.3 Å². The van der Waals surface area contributed by atoms with Crippen LogP contribution in [-0.4, -0.2) is 16.8 Å². The highest BCUT2D eigenvalue weighted by atomic mass is 79.9. The summed E-state index contributed by atoms with van der Waals surface area (Å²) in [5, 5.41) is 5.09. The van der Waals surface area contributed by atoms with E-state index >= 15 is 0 Å². The minimum atomic E-state index is -3.84. The molecule has 9 heteroatoms. The van der Waals surface area contributed by atoms with Gasteiger partial charge in [-0.1, -0.05) is 34.1 Å². The van der Waals surface area contributed by atoms with Crippen molar-refractivity contribution in [1.82, 2.24) is 4.72 Å². The molecular formula is C14H15BrN2O4S2. The van der Waals surface area contributed by atoms with Crippen LogP contribution in [0.1, 0.15) is 18.5 Å². The van der Waals surface area contributed by atoms with Gasteiger partial charge in [-0.15, -0.1) is 0 Å². The highest BCUT2D eigenvalue weighted by Gasteiger charge is 2.19. The van der Waals surface area contributed by atoms with Crippen LogP contribution in [0.25, 0.3) is 0 Å². The third kappa shape index (κ3) is 4.61. The smallest absolute Gasteiger partial charge is 0.225 e. The van der Waals surface area contributed by atoms with E-state index in [1.54, 1.807) is 25.1 Å². The zero-order valence-electron chi connectivity index (χ0n) is 12.1. The molecule has 0 aromatic heterocycles. The first-order chi connectivity index (χ1) is 10.6. The van der Waals surface area contributed by atoms with Gasteiger partial charge in [0.05, 0.1) is 9.79 Å². The number of nitrogens with one attached hydrogen (secondary N) is 1. The maximum absolute atomic E-state index is 12.4. The number of sulfonamides is 2. The fourth-order valence-electron chi connectivity index (χ4n) is 1.96. The molecule has 0 saturated heterocycles. The van der Waals surface area contributed by atoms with Crippen LogP contribution in [-0.2, 0) is 20.0 Å². The Morgan fingerprint density at radius 1 is 1.00 bits per heavy atom. The summed E-state index contributed by atoms with van der Waals surface area (Å²) in [7, 11) is -7.58. The Hall–Kier alpha value is -1.26. The third-order valence-electron chi connectivity index (χ3n) is 3.12. The number of hydrogen-bond acceptors (Lipinski definition) is 4. The Morgan fingerprint density at radius 2 is 1.61 bits per heavy atom. The summed E-state index contributed by atoms with van der Waals surface area (Å²) < 4.78 is 50.7. The monoisotopic (exact) mass is 418 g/mol. The van der Waals surface area contributed by atoms with Crippen molar-refractivity contribution in [2.75, 3.05) is 0 Å². The van der Waals surface area contributed by atoms with Gasteiger partial charge in [0, 0.05) is 10.5 Å². The van der Waals surface area contributed by atoms with Gasteiger partial charge in [-0.3, -0.25) is 0 Å². The lowest BCUT2D eigenvalue weighted by Gasteiger charge is -2.15. The number of primary sulfonamides is 1. The third-order valence-corrected chi connectivity index (χ3v) is 6.07. The predicted molar refractivity (Wildman–Crippen MR) is 90.7 cm³/mol. The zero-order chi connectivity index (χ0) is 17.3. The second-order valence-electron chi connectivity index (χ2n) is 4.92. The molecule has 0 bridgehead atoms. The minimum absolute atomic E-state index is 0.0662. The molecule has 23 heavy (non-hydrogen) atoms. The number of halogens is 1. The van der Waals surface area contributed by atoms with Crippen LogP contribution in [0.3, 0.4) is 0 Å². The predicted octanol–water partition coefficient (Wildman–Crippen LogP) is 2.14. The van der Waals surface area contributed by atoms with Crippen LogP contribution in [0.5, 0.6) is 0 Å². The SMILES string of the molecule is CC(NS(=O)(=O)c1cccc(Br)c1)c1cccc(S(N)(=O)=O)c1. The highest BCUT2D eigenvalue weighted by molar-refractivity contribution is 9.10. The molecule has 3 N–H and O–H groups in total. The largest absolute Gasteiger partial charge is 0.241 e. The van der Waals surface area contributed by atoms with Crippen LogP contribution in [0.2, 0.25) is 0 Å². The molecule has 0 heterocycles. The van der Waals surface area contributed by atoms with Gasteiger partial charge in [-0.2, -0.15) is 0 Å². The molecule has 0 aliphatic carbocycles. The van der Waals surface area contributed by atoms with Crippen LogP contribution in [0.4, 0.5) is 0 Å². The van der Waals surface area contributed by atoms with E-state index in [9.17, 15) is 16.8 Å². The van der Waals surface area contributed by atoms with Crippen molar-refractivity contribution in [3.63, 3.8) is 0 Å².